The van der Waals surface area contributed by atoms with Gasteiger partial charge in [0.05, 0.1) is 37.6 Å². The van der Waals surface area contributed by atoms with Gasteiger partial charge in [-0.3, -0.25) is 9.69 Å². The maximum atomic E-state index is 12.3. The Morgan fingerprint density at radius 3 is 2.61 bits per heavy atom. The van der Waals surface area contributed by atoms with Crippen LogP contribution in [0.5, 0.6) is 11.6 Å². The summed E-state index contributed by atoms with van der Waals surface area (Å²) < 4.78 is 17.2. The summed E-state index contributed by atoms with van der Waals surface area (Å²) in [6.45, 7) is 9.30. The van der Waals surface area contributed by atoms with Crippen molar-refractivity contribution in [2.24, 2.45) is 0 Å². The molecule has 0 saturated carbocycles. The minimum atomic E-state index is -1.03. The molecule has 3 saturated heterocycles. The maximum absolute atomic E-state index is 12.3. The molecule has 1 amide bonds. The highest BCUT2D eigenvalue weighted by Crippen LogP contribution is 2.32. The molecule has 0 bridgehead atoms. The number of carbonyl (C=O) groups excluding carboxylic acids is 1. The van der Waals surface area contributed by atoms with Gasteiger partial charge in [0.15, 0.2) is 0 Å². The van der Waals surface area contributed by atoms with Crippen LogP contribution in [0.1, 0.15) is 32.3 Å². The molecule has 242 valence electrons. The second kappa shape index (κ2) is 13.9. The smallest absolute Gasteiger partial charge is 0.251 e. The Morgan fingerprint density at radius 2 is 1.93 bits per heavy atom. The number of carbonyl (C=O) groups is 1. The normalized spacial score (nSPS) is 21.2. The first-order valence-corrected chi connectivity index (χ1v) is 15.7. The van der Waals surface area contributed by atoms with Crippen molar-refractivity contribution in [1.29, 1.82) is 5.26 Å². The van der Waals surface area contributed by atoms with Crippen molar-refractivity contribution in [3.63, 3.8) is 0 Å². The number of nitriles is 1. The van der Waals surface area contributed by atoms with E-state index in [9.17, 15) is 15.2 Å². The average molecular weight is 629 g/mol. The van der Waals surface area contributed by atoms with Gasteiger partial charge in [-0.25, -0.2) is 9.97 Å². The molecule has 0 spiro atoms. The zero-order chi connectivity index (χ0) is 32.2. The molecule has 3 aliphatic heterocycles. The summed E-state index contributed by atoms with van der Waals surface area (Å²) in [4.78, 5) is 32.5. The largest absolute Gasteiger partial charge is 0.489 e. The maximum Gasteiger partial charge on any atom is 0.251 e. The lowest BCUT2D eigenvalue weighted by atomic mass is 9.99. The summed E-state index contributed by atoms with van der Waals surface area (Å²) in [6.07, 6.45) is 1.70. The molecule has 2 N–H and O–H groups in total. The number of methoxy groups -OCH3 is 1. The van der Waals surface area contributed by atoms with Crippen LogP contribution in [0.2, 0.25) is 0 Å². The fourth-order valence-corrected chi connectivity index (χ4v) is 6.21. The van der Waals surface area contributed by atoms with Gasteiger partial charge < -0.3 is 34.4 Å². The van der Waals surface area contributed by atoms with E-state index in [0.29, 0.717) is 60.1 Å². The van der Waals surface area contributed by atoms with Crippen molar-refractivity contribution in [1.82, 2.24) is 24.8 Å². The monoisotopic (exact) mass is 628 g/mol. The van der Waals surface area contributed by atoms with Gasteiger partial charge in [0.25, 0.3) is 5.91 Å². The Bertz CT molecular complexity index is 1580. The molecule has 0 radical (unpaired) electrons. The van der Waals surface area contributed by atoms with Crippen LogP contribution in [-0.2, 0) is 9.53 Å². The fraction of sp³-hybridized carbons (Fsp3) is 0.485. The number of nitrogens with one attached hydrogen (secondary N) is 1. The number of piperazine rings is 1. The van der Waals surface area contributed by atoms with Crippen LogP contribution in [0, 0.1) is 11.3 Å². The number of pyridine rings is 1. The number of piperidine rings is 1. The van der Waals surface area contributed by atoms with E-state index in [-0.39, 0.29) is 18.1 Å². The third-order valence-electron chi connectivity index (χ3n) is 8.88. The number of benzene rings is 1. The second-order valence-electron chi connectivity index (χ2n) is 12.0. The number of hydrogen-bond donors (Lipinski definition) is 2. The fourth-order valence-electron chi connectivity index (χ4n) is 6.21. The first-order valence-electron chi connectivity index (χ1n) is 15.7. The van der Waals surface area contributed by atoms with E-state index in [2.05, 4.69) is 36.1 Å². The van der Waals surface area contributed by atoms with Gasteiger partial charge in [-0.2, -0.15) is 10.2 Å². The van der Waals surface area contributed by atoms with Gasteiger partial charge >= 0.3 is 0 Å². The number of hydrogen-bond acceptors (Lipinski definition) is 12. The summed E-state index contributed by atoms with van der Waals surface area (Å²) in [5.74, 6) is 1.66. The predicted molar refractivity (Wildman–Crippen MR) is 171 cm³/mol. The van der Waals surface area contributed by atoms with Crippen LogP contribution in [0.4, 0.5) is 17.5 Å². The van der Waals surface area contributed by atoms with E-state index < -0.39 is 6.10 Å². The van der Waals surface area contributed by atoms with E-state index in [1.54, 1.807) is 36.4 Å². The van der Waals surface area contributed by atoms with Gasteiger partial charge in [-0.15, -0.1) is 0 Å². The highest BCUT2D eigenvalue weighted by atomic mass is 16.5. The molecule has 5 heterocycles. The van der Waals surface area contributed by atoms with Crippen LogP contribution in [0.3, 0.4) is 0 Å². The van der Waals surface area contributed by atoms with Gasteiger partial charge in [0, 0.05) is 63.4 Å². The number of aliphatic hydroxyl groups excluding tert-OH is 1. The van der Waals surface area contributed by atoms with Crippen LogP contribution in [-0.4, -0.2) is 113 Å². The second-order valence-corrected chi connectivity index (χ2v) is 12.0. The Balaban J connectivity index is 1.11. The summed E-state index contributed by atoms with van der Waals surface area (Å²) in [5, 5.41) is 22.8. The molecule has 13 nitrogen and oxygen atoms in total. The summed E-state index contributed by atoms with van der Waals surface area (Å²) in [7, 11) is 1.62. The van der Waals surface area contributed by atoms with Gasteiger partial charge in [-0.1, -0.05) is 0 Å². The average Bonchev–Trinajstić information content (AvgIpc) is 3.04. The number of aromatic nitrogens is 3. The zero-order valence-electron chi connectivity index (χ0n) is 26.4. The van der Waals surface area contributed by atoms with Crippen LogP contribution in [0.15, 0.2) is 42.6 Å². The summed E-state index contributed by atoms with van der Waals surface area (Å²) in [6, 6.07) is 13.8. The van der Waals surface area contributed by atoms with E-state index in [4.69, 9.17) is 14.2 Å². The van der Waals surface area contributed by atoms with Crippen LogP contribution in [0.25, 0.3) is 11.3 Å². The first kappa shape index (κ1) is 31.5. The molecule has 0 aliphatic carbocycles. The van der Waals surface area contributed by atoms with Gasteiger partial charge in [-0.05, 0) is 50.2 Å². The van der Waals surface area contributed by atoms with Crippen molar-refractivity contribution in [2.45, 2.75) is 51.0 Å². The molecule has 46 heavy (non-hydrogen) atoms. The van der Waals surface area contributed by atoms with E-state index in [1.165, 1.54) is 6.92 Å². The number of ether oxygens (including phenoxy) is 3. The Kier molecular flexibility index (Phi) is 9.48. The molecule has 13 heteroatoms. The van der Waals surface area contributed by atoms with Crippen LogP contribution >= 0.6 is 0 Å². The Hall–Kier alpha value is -4.51. The highest BCUT2D eigenvalue weighted by Gasteiger charge is 2.32. The molecule has 1 aromatic carbocycles. The number of rotatable bonds is 9. The lowest BCUT2D eigenvalue weighted by molar-refractivity contribution is -0.143. The molecule has 2 unspecified atom stereocenters. The lowest BCUT2D eigenvalue weighted by Crippen LogP contribution is -2.56. The predicted octanol–water partition coefficient (Wildman–Crippen LogP) is 2.82. The molecule has 2 aromatic heterocycles. The quantitative estimate of drug-likeness (QED) is 0.359. The third kappa shape index (κ3) is 6.84. The van der Waals surface area contributed by atoms with Crippen molar-refractivity contribution < 1.29 is 24.1 Å². The molecule has 3 fully saturated rings. The zero-order valence-corrected chi connectivity index (χ0v) is 26.4. The number of nitrogens with zero attached hydrogens (tertiary/aromatic N) is 7. The van der Waals surface area contributed by atoms with Gasteiger partial charge in [0.1, 0.15) is 35.5 Å². The minimum Gasteiger partial charge on any atom is -0.489 e. The Morgan fingerprint density at radius 1 is 1.13 bits per heavy atom. The standard InChI is InChI=1S/C33H40N8O5/c1-21-16-26(9-11-41(21)32(43)22(2)42)46-29-6-4-23(17-24(29)18-34)27-8-10-35-33(36-27)38-30-7-5-28(31(37-30)44-3)40-14-12-39(13-15-40)25-19-45-20-25/h4-8,10,17,21-22,25-26,42H,9,11-16,19-20H2,1-3H3,(H,35,36,37,38)/t21?,22-,26?/m0/s1. The van der Waals surface area contributed by atoms with Crippen molar-refractivity contribution in [3.05, 3.63) is 48.2 Å². The third-order valence-corrected chi connectivity index (χ3v) is 8.88. The number of likely N-dealkylation sites (tertiary alicyclic amines) is 1. The van der Waals surface area contributed by atoms with Crippen molar-refractivity contribution in [3.8, 4) is 29.0 Å². The van der Waals surface area contributed by atoms with Crippen LogP contribution < -0.4 is 19.7 Å². The van der Waals surface area contributed by atoms with Crippen molar-refractivity contribution >= 4 is 23.4 Å². The summed E-state index contributed by atoms with van der Waals surface area (Å²) >= 11 is 0. The van der Waals surface area contributed by atoms with Gasteiger partial charge in [0.2, 0.25) is 11.8 Å². The Labute approximate surface area is 268 Å². The molecule has 3 aliphatic rings. The molecule has 3 aromatic rings. The van der Waals surface area contributed by atoms with Crippen molar-refractivity contribution in [2.75, 3.05) is 63.3 Å². The minimum absolute atomic E-state index is 0.0773. The number of anilines is 3. The van der Waals surface area contributed by atoms with E-state index in [0.717, 1.165) is 50.6 Å². The van der Waals surface area contributed by atoms with E-state index >= 15 is 0 Å². The SMILES string of the molecule is COc1nc(Nc2nccc(-c3ccc(OC4CCN(C(=O)[C@H](C)O)C(C)C4)c(C#N)c3)n2)ccc1N1CCN(C2COC2)CC1. The lowest BCUT2D eigenvalue weighted by Gasteiger charge is -2.43. The number of amides is 1. The molecular formula is C33H40N8O5. The van der Waals surface area contributed by atoms with E-state index in [1.807, 2.05) is 25.1 Å². The molecular weight excluding hydrogens is 588 g/mol. The summed E-state index contributed by atoms with van der Waals surface area (Å²) in [5.41, 5.74) is 2.72. The highest BCUT2D eigenvalue weighted by molar-refractivity contribution is 5.80. The molecule has 6 rings (SSSR count). The molecule has 3 atom stereocenters. The first-order chi connectivity index (χ1) is 22.3. The number of aliphatic hydroxyl groups is 1. The topological polar surface area (TPSA) is 149 Å².